The highest BCUT2D eigenvalue weighted by molar-refractivity contribution is 7.90. The molecule has 0 aromatic heterocycles. The van der Waals surface area contributed by atoms with Gasteiger partial charge in [-0.2, -0.15) is 0 Å². The maximum absolute atomic E-state index is 11.3. The number of piperazine rings is 1. The van der Waals surface area contributed by atoms with Crippen molar-refractivity contribution in [1.29, 1.82) is 0 Å². The van der Waals surface area contributed by atoms with E-state index < -0.39 is 9.84 Å². The van der Waals surface area contributed by atoms with Crippen LogP contribution in [0.15, 0.2) is 30.3 Å². The fourth-order valence-electron chi connectivity index (χ4n) is 3.15. The van der Waals surface area contributed by atoms with E-state index in [0.29, 0.717) is 11.8 Å². The number of hydrogen-bond donors (Lipinski definition) is 0. The van der Waals surface area contributed by atoms with Crippen LogP contribution in [0, 0.1) is 0 Å². The van der Waals surface area contributed by atoms with Gasteiger partial charge in [0.25, 0.3) is 0 Å². The molecule has 1 aromatic carbocycles. The van der Waals surface area contributed by atoms with Crippen LogP contribution in [0.5, 0.6) is 0 Å². The zero-order valence-corrected chi connectivity index (χ0v) is 14.6. The van der Waals surface area contributed by atoms with Gasteiger partial charge in [-0.15, -0.1) is 0 Å². The second-order valence-electron chi connectivity index (χ2n) is 6.30. The summed E-state index contributed by atoms with van der Waals surface area (Å²) in [5, 5.41) is 0. The third-order valence-corrected chi connectivity index (χ3v) is 5.40. The van der Waals surface area contributed by atoms with Crippen molar-refractivity contribution in [1.82, 2.24) is 9.80 Å². The zero-order valence-electron chi connectivity index (χ0n) is 13.7. The molecule has 1 heterocycles. The summed E-state index contributed by atoms with van der Waals surface area (Å²) >= 11 is 0. The molecule has 0 saturated carbocycles. The standard InChI is InChI=1S/C17H28N2O2S/c1-3-17-15-18(14-16-8-5-4-6-9-16)11-12-19(17)10-7-13-22(2,20)21/h4-6,8-9,17H,3,7,10-15H2,1-2H3/t17-/m1/s1. The Hall–Kier alpha value is -0.910. The lowest BCUT2D eigenvalue weighted by molar-refractivity contribution is 0.0680. The maximum atomic E-state index is 11.3. The lowest BCUT2D eigenvalue weighted by Crippen LogP contribution is -2.52. The van der Waals surface area contributed by atoms with Crippen molar-refractivity contribution < 1.29 is 8.42 Å². The summed E-state index contributed by atoms with van der Waals surface area (Å²) in [5.41, 5.74) is 1.36. The van der Waals surface area contributed by atoms with E-state index in [-0.39, 0.29) is 0 Å². The van der Waals surface area contributed by atoms with Gasteiger partial charge >= 0.3 is 0 Å². The van der Waals surface area contributed by atoms with Crippen LogP contribution in [0.4, 0.5) is 0 Å². The topological polar surface area (TPSA) is 40.6 Å². The molecule has 0 radical (unpaired) electrons. The van der Waals surface area contributed by atoms with Gasteiger partial charge in [-0.25, -0.2) is 8.42 Å². The summed E-state index contributed by atoms with van der Waals surface area (Å²) in [6, 6.07) is 11.1. The molecule has 1 saturated heterocycles. The Bertz CT molecular complexity index is 545. The maximum Gasteiger partial charge on any atom is 0.147 e. The van der Waals surface area contributed by atoms with Gasteiger partial charge in [0, 0.05) is 38.5 Å². The monoisotopic (exact) mass is 324 g/mol. The molecule has 0 spiro atoms. The molecule has 1 fully saturated rings. The molecule has 0 amide bonds. The molecule has 1 aliphatic rings. The molecule has 0 unspecified atom stereocenters. The first-order valence-corrected chi connectivity index (χ1v) is 10.2. The first-order valence-electron chi connectivity index (χ1n) is 8.16. The molecule has 1 aromatic rings. The second-order valence-corrected chi connectivity index (χ2v) is 8.56. The van der Waals surface area contributed by atoms with E-state index in [4.69, 9.17) is 0 Å². The Morgan fingerprint density at radius 1 is 1.18 bits per heavy atom. The predicted molar refractivity (Wildman–Crippen MR) is 91.7 cm³/mol. The van der Waals surface area contributed by atoms with Crippen LogP contribution in [0.3, 0.4) is 0 Å². The Kier molecular flexibility index (Phi) is 6.41. The van der Waals surface area contributed by atoms with Crippen LogP contribution in [0.25, 0.3) is 0 Å². The average Bonchev–Trinajstić information content (AvgIpc) is 2.48. The van der Waals surface area contributed by atoms with Gasteiger partial charge < -0.3 is 0 Å². The summed E-state index contributed by atoms with van der Waals surface area (Å²) in [7, 11) is -2.84. The molecule has 22 heavy (non-hydrogen) atoms. The predicted octanol–water partition coefficient (Wildman–Crippen LogP) is 2.02. The molecule has 0 N–H and O–H groups in total. The Morgan fingerprint density at radius 3 is 2.55 bits per heavy atom. The SMILES string of the molecule is CC[C@@H]1CN(Cc2ccccc2)CCN1CCCS(C)(=O)=O. The molecule has 1 aliphatic heterocycles. The second kappa shape index (κ2) is 8.09. The molecular formula is C17H28N2O2S. The van der Waals surface area contributed by atoms with Crippen LogP contribution in [0.2, 0.25) is 0 Å². The first kappa shape index (κ1) is 17.4. The average molecular weight is 324 g/mol. The van der Waals surface area contributed by atoms with Crippen molar-refractivity contribution in [2.45, 2.75) is 32.4 Å². The Balaban J connectivity index is 1.83. The fraction of sp³-hybridized carbons (Fsp3) is 0.647. The van der Waals surface area contributed by atoms with E-state index in [0.717, 1.165) is 45.6 Å². The molecule has 124 valence electrons. The van der Waals surface area contributed by atoms with Crippen molar-refractivity contribution in [3.63, 3.8) is 0 Å². The lowest BCUT2D eigenvalue weighted by atomic mass is 10.1. The lowest BCUT2D eigenvalue weighted by Gasteiger charge is -2.41. The summed E-state index contributed by atoms with van der Waals surface area (Å²) < 4.78 is 22.5. The Morgan fingerprint density at radius 2 is 1.91 bits per heavy atom. The van der Waals surface area contributed by atoms with Crippen molar-refractivity contribution >= 4 is 9.84 Å². The highest BCUT2D eigenvalue weighted by Crippen LogP contribution is 2.16. The van der Waals surface area contributed by atoms with Gasteiger partial charge in [0.1, 0.15) is 9.84 Å². The molecule has 0 bridgehead atoms. The van der Waals surface area contributed by atoms with Gasteiger partial charge in [-0.3, -0.25) is 9.80 Å². The number of sulfone groups is 1. The van der Waals surface area contributed by atoms with E-state index in [2.05, 4.69) is 47.1 Å². The third kappa shape index (κ3) is 5.71. The number of rotatable bonds is 7. The summed E-state index contributed by atoms with van der Waals surface area (Å²) in [6.07, 6.45) is 3.18. The minimum atomic E-state index is -2.84. The molecule has 2 rings (SSSR count). The molecule has 4 nitrogen and oxygen atoms in total. The van der Waals surface area contributed by atoms with Crippen LogP contribution in [0.1, 0.15) is 25.3 Å². The quantitative estimate of drug-likeness (QED) is 0.769. The van der Waals surface area contributed by atoms with Gasteiger partial charge in [0.05, 0.1) is 5.75 Å². The van der Waals surface area contributed by atoms with Gasteiger partial charge in [0.15, 0.2) is 0 Å². The highest BCUT2D eigenvalue weighted by atomic mass is 32.2. The minimum absolute atomic E-state index is 0.299. The van der Waals surface area contributed by atoms with E-state index in [1.54, 1.807) is 0 Å². The smallest absolute Gasteiger partial charge is 0.147 e. The number of hydrogen-bond acceptors (Lipinski definition) is 4. The van der Waals surface area contributed by atoms with Crippen LogP contribution < -0.4 is 0 Å². The van der Waals surface area contributed by atoms with Gasteiger partial charge in [-0.05, 0) is 24.9 Å². The number of benzene rings is 1. The molecule has 1 atom stereocenters. The van der Waals surface area contributed by atoms with E-state index >= 15 is 0 Å². The summed E-state index contributed by atoms with van der Waals surface area (Å²) in [5.74, 6) is 0.299. The summed E-state index contributed by atoms with van der Waals surface area (Å²) in [4.78, 5) is 4.98. The molecule has 0 aliphatic carbocycles. The zero-order chi connectivity index (χ0) is 16.0. The Labute approximate surface area is 135 Å². The van der Waals surface area contributed by atoms with Crippen molar-refractivity contribution in [3.05, 3.63) is 35.9 Å². The molecular weight excluding hydrogens is 296 g/mol. The highest BCUT2D eigenvalue weighted by Gasteiger charge is 2.25. The number of nitrogens with zero attached hydrogens (tertiary/aromatic N) is 2. The minimum Gasteiger partial charge on any atom is -0.298 e. The van der Waals surface area contributed by atoms with Crippen LogP contribution in [-0.2, 0) is 16.4 Å². The van der Waals surface area contributed by atoms with Crippen molar-refractivity contribution in [2.75, 3.05) is 38.2 Å². The van der Waals surface area contributed by atoms with Gasteiger partial charge in [-0.1, -0.05) is 37.3 Å². The summed E-state index contributed by atoms with van der Waals surface area (Å²) in [6.45, 7) is 7.29. The third-order valence-electron chi connectivity index (χ3n) is 4.37. The largest absolute Gasteiger partial charge is 0.298 e. The van der Waals surface area contributed by atoms with Crippen LogP contribution >= 0.6 is 0 Å². The normalized spacial score (nSPS) is 21.1. The molecule has 5 heteroatoms. The van der Waals surface area contributed by atoms with E-state index in [1.807, 2.05) is 0 Å². The van der Waals surface area contributed by atoms with Crippen molar-refractivity contribution in [2.24, 2.45) is 0 Å². The first-order chi connectivity index (χ1) is 10.5. The van der Waals surface area contributed by atoms with E-state index in [1.165, 1.54) is 11.8 Å². The van der Waals surface area contributed by atoms with Crippen LogP contribution in [-0.4, -0.2) is 62.4 Å². The van der Waals surface area contributed by atoms with E-state index in [9.17, 15) is 8.42 Å². The van der Waals surface area contributed by atoms with Gasteiger partial charge in [0.2, 0.25) is 0 Å². The van der Waals surface area contributed by atoms with Crippen molar-refractivity contribution in [3.8, 4) is 0 Å². The fourth-order valence-corrected chi connectivity index (χ4v) is 3.81.